The van der Waals surface area contributed by atoms with Gasteiger partial charge in [-0.25, -0.2) is 0 Å². The number of carbonyl (C=O) groups excluding carboxylic acids is 2. The Kier molecular flexibility index (Phi) is 7.24. The van der Waals surface area contributed by atoms with Crippen LogP contribution in [0.3, 0.4) is 0 Å². The summed E-state index contributed by atoms with van der Waals surface area (Å²) < 4.78 is 11.2. The smallest absolute Gasteiger partial charge is 0.300 e. The van der Waals surface area contributed by atoms with E-state index in [0.29, 0.717) is 29.4 Å². The Balaban J connectivity index is 1.87. The number of benzene rings is 3. The first-order chi connectivity index (χ1) is 17.7. The summed E-state index contributed by atoms with van der Waals surface area (Å²) in [6.07, 6.45) is -0.0470. The van der Waals surface area contributed by atoms with Gasteiger partial charge in [0.15, 0.2) is 0 Å². The number of ether oxygens (including phenoxy) is 2. The molecule has 3 aromatic carbocycles. The maximum atomic E-state index is 13.3. The average molecular weight is 503 g/mol. The second-order valence-corrected chi connectivity index (χ2v) is 8.64. The van der Waals surface area contributed by atoms with Crippen molar-refractivity contribution in [2.24, 2.45) is 0 Å². The molecule has 37 heavy (non-hydrogen) atoms. The first-order valence-corrected chi connectivity index (χ1v) is 11.8. The van der Waals surface area contributed by atoms with Crippen LogP contribution in [0.5, 0.6) is 11.5 Å². The number of nitro groups is 1. The van der Waals surface area contributed by atoms with Crippen molar-refractivity contribution in [1.82, 2.24) is 0 Å². The first kappa shape index (κ1) is 25.4. The Morgan fingerprint density at radius 3 is 2.27 bits per heavy atom. The number of hydrogen-bond donors (Lipinski definition) is 1. The van der Waals surface area contributed by atoms with Gasteiger partial charge in [-0.3, -0.25) is 24.6 Å². The monoisotopic (exact) mass is 502 g/mol. The van der Waals surface area contributed by atoms with Crippen LogP contribution in [0, 0.1) is 10.1 Å². The van der Waals surface area contributed by atoms with Crippen molar-refractivity contribution >= 4 is 28.8 Å². The van der Waals surface area contributed by atoms with Gasteiger partial charge in [0.2, 0.25) is 0 Å². The zero-order valence-electron chi connectivity index (χ0n) is 20.6. The predicted molar refractivity (Wildman–Crippen MR) is 138 cm³/mol. The molecule has 4 rings (SSSR count). The molecule has 1 heterocycles. The van der Waals surface area contributed by atoms with Gasteiger partial charge in [0.1, 0.15) is 17.3 Å². The first-order valence-electron chi connectivity index (χ1n) is 11.8. The van der Waals surface area contributed by atoms with Crippen molar-refractivity contribution in [3.63, 3.8) is 0 Å². The van der Waals surface area contributed by atoms with Gasteiger partial charge in [0.05, 0.1) is 29.2 Å². The fourth-order valence-electron chi connectivity index (χ4n) is 4.21. The van der Waals surface area contributed by atoms with E-state index in [0.717, 1.165) is 6.07 Å². The predicted octanol–water partition coefficient (Wildman–Crippen LogP) is 5.41. The van der Waals surface area contributed by atoms with Gasteiger partial charge >= 0.3 is 0 Å². The molecule has 1 amide bonds. The molecule has 0 spiro atoms. The van der Waals surface area contributed by atoms with E-state index in [1.165, 1.54) is 23.1 Å². The number of aliphatic hydroxyl groups excluding tert-OH is 1. The lowest BCUT2D eigenvalue weighted by Crippen LogP contribution is -2.29. The number of anilines is 1. The summed E-state index contributed by atoms with van der Waals surface area (Å²) in [6, 6.07) is 17.9. The van der Waals surface area contributed by atoms with Gasteiger partial charge in [-0.15, -0.1) is 0 Å². The zero-order valence-corrected chi connectivity index (χ0v) is 20.6. The van der Waals surface area contributed by atoms with E-state index in [2.05, 4.69) is 0 Å². The van der Waals surface area contributed by atoms with Gasteiger partial charge in [0, 0.05) is 23.4 Å². The van der Waals surface area contributed by atoms with Gasteiger partial charge in [-0.1, -0.05) is 24.3 Å². The number of hydrogen-bond acceptors (Lipinski definition) is 7. The molecule has 1 atom stereocenters. The summed E-state index contributed by atoms with van der Waals surface area (Å²) in [6.45, 7) is 6.12. The lowest BCUT2D eigenvalue weighted by molar-refractivity contribution is -0.384. The molecule has 1 saturated heterocycles. The molecule has 1 aliphatic heterocycles. The summed E-state index contributed by atoms with van der Waals surface area (Å²) in [5, 5.41) is 22.5. The number of aliphatic hydroxyl groups is 1. The van der Waals surface area contributed by atoms with Gasteiger partial charge in [-0.2, -0.15) is 0 Å². The molecule has 9 heteroatoms. The van der Waals surface area contributed by atoms with Crippen molar-refractivity contribution in [2.75, 3.05) is 11.5 Å². The van der Waals surface area contributed by atoms with E-state index in [-0.39, 0.29) is 22.9 Å². The highest BCUT2D eigenvalue weighted by atomic mass is 16.6. The Morgan fingerprint density at radius 2 is 1.68 bits per heavy atom. The van der Waals surface area contributed by atoms with Crippen LogP contribution in [0.4, 0.5) is 11.4 Å². The van der Waals surface area contributed by atoms with Crippen LogP contribution < -0.4 is 14.4 Å². The highest BCUT2D eigenvalue weighted by Gasteiger charge is 2.47. The van der Waals surface area contributed by atoms with E-state index in [4.69, 9.17) is 9.47 Å². The highest BCUT2D eigenvalue weighted by molar-refractivity contribution is 6.51. The van der Waals surface area contributed by atoms with Crippen LogP contribution in [0.15, 0.2) is 78.4 Å². The standard InChI is InChI=1S/C28H26N2O7/c1-4-36-22-14-10-20(11-15-22)29-25(18-8-12-23(13-9-18)37-17(2)3)24(27(32)28(29)33)26(31)19-6-5-7-21(16-19)30(34)35/h5-17,25,31H,4H2,1-3H3/b26-24-. The van der Waals surface area contributed by atoms with Crippen molar-refractivity contribution in [3.8, 4) is 11.5 Å². The van der Waals surface area contributed by atoms with Crippen LogP contribution in [-0.4, -0.2) is 34.4 Å². The number of rotatable bonds is 8. The number of non-ortho nitro benzene ring substituents is 1. The van der Waals surface area contributed by atoms with E-state index >= 15 is 0 Å². The summed E-state index contributed by atoms with van der Waals surface area (Å²) in [5.41, 5.74) is 0.615. The molecular weight excluding hydrogens is 476 g/mol. The molecule has 3 aromatic rings. The normalized spacial score (nSPS) is 16.8. The molecule has 1 aliphatic rings. The van der Waals surface area contributed by atoms with E-state index in [9.17, 15) is 24.8 Å². The third-order valence-electron chi connectivity index (χ3n) is 5.77. The van der Waals surface area contributed by atoms with Gasteiger partial charge in [-0.05, 0) is 62.7 Å². The Labute approximate surface area is 213 Å². The van der Waals surface area contributed by atoms with Gasteiger partial charge in [0.25, 0.3) is 17.4 Å². The lowest BCUT2D eigenvalue weighted by Gasteiger charge is -2.26. The van der Waals surface area contributed by atoms with Crippen molar-refractivity contribution < 1.29 is 29.1 Å². The van der Waals surface area contributed by atoms with E-state index in [1.54, 1.807) is 48.5 Å². The number of nitro benzene ring substituents is 1. The summed E-state index contributed by atoms with van der Waals surface area (Å²) >= 11 is 0. The number of amides is 1. The molecule has 0 saturated carbocycles. The van der Waals surface area contributed by atoms with Crippen LogP contribution >= 0.6 is 0 Å². The van der Waals surface area contributed by atoms with Crippen molar-refractivity contribution in [2.45, 2.75) is 32.9 Å². The maximum absolute atomic E-state index is 13.3. The maximum Gasteiger partial charge on any atom is 0.300 e. The van der Waals surface area contributed by atoms with Crippen LogP contribution in [0.25, 0.3) is 5.76 Å². The molecule has 1 unspecified atom stereocenters. The fraction of sp³-hybridized carbons (Fsp3) is 0.214. The quantitative estimate of drug-likeness (QED) is 0.144. The highest BCUT2D eigenvalue weighted by Crippen LogP contribution is 2.43. The third-order valence-corrected chi connectivity index (χ3v) is 5.77. The minimum atomic E-state index is -0.981. The Morgan fingerprint density at radius 1 is 1.03 bits per heavy atom. The minimum absolute atomic E-state index is 0.0470. The summed E-state index contributed by atoms with van der Waals surface area (Å²) in [7, 11) is 0. The Hall–Kier alpha value is -4.66. The molecule has 0 radical (unpaired) electrons. The molecule has 0 aromatic heterocycles. The second kappa shape index (κ2) is 10.5. The van der Waals surface area contributed by atoms with Gasteiger partial charge < -0.3 is 14.6 Å². The molecule has 9 nitrogen and oxygen atoms in total. The molecule has 1 N–H and O–H groups in total. The van der Waals surface area contributed by atoms with Crippen molar-refractivity contribution in [3.05, 3.63) is 99.6 Å². The number of carbonyl (C=O) groups is 2. The number of ketones is 1. The topological polar surface area (TPSA) is 119 Å². The largest absolute Gasteiger partial charge is 0.507 e. The van der Waals surface area contributed by atoms with E-state index < -0.39 is 28.4 Å². The number of nitrogens with zero attached hydrogens (tertiary/aromatic N) is 2. The van der Waals surface area contributed by atoms with E-state index in [1.807, 2.05) is 20.8 Å². The molecule has 190 valence electrons. The van der Waals surface area contributed by atoms with Crippen LogP contribution in [0.2, 0.25) is 0 Å². The van der Waals surface area contributed by atoms with Crippen LogP contribution in [-0.2, 0) is 9.59 Å². The van der Waals surface area contributed by atoms with Crippen molar-refractivity contribution in [1.29, 1.82) is 0 Å². The average Bonchev–Trinajstić information content (AvgIpc) is 3.14. The Bertz CT molecular complexity index is 1360. The molecule has 0 aliphatic carbocycles. The zero-order chi connectivity index (χ0) is 26.7. The van der Waals surface area contributed by atoms with Crippen LogP contribution in [0.1, 0.15) is 37.9 Å². The third kappa shape index (κ3) is 5.16. The number of Topliss-reactive ketones (excluding diaryl/α,β-unsaturated/α-hetero) is 1. The summed E-state index contributed by atoms with van der Waals surface area (Å²) in [5.74, 6) is -1.02. The molecule has 1 fully saturated rings. The molecular formula is C28H26N2O7. The minimum Gasteiger partial charge on any atom is -0.507 e. The summed E-state index contributed by atoms with van der Waals surface area (Å²) in [4.78, 5) is 38.6. The fourth-order valence-corrected chi connectivity index (χ4v) is 4.21. The SMILES string of the molecule is CCOc1ccc(N2C(=O)C(=O)/C(=C(\O)c3cccc([N+](=O)[O-])c3)C2c2ccc(OC(C)C)cc2)cc1. The molecule has 0 bridgehead atoms. The second-order valence-electron chi connectivity index (χ2n) is 8.64. The lowest BCUT2D eigenvalue weighted by atomic mass is 9.95.